The Morgan fingerprint density at radius 3 is 2.50 bits per heavy atom. The van der Waals surface area contributed by atoms with E-state index in [1.54, 1.807) is 0 Å². The Hall–Kier alpha value is -1.14. The number of hydrogen-bond donors (Lipinski definition) is 1. The first kappa shape index (κ1) is 12.9. The molecule has 0 saturated heterocycles. The van der Waals surface area contributed by atoms with Gasteiger partial charge in [0, 0.05) is 20.6 Å². The van der Waals surface area contributed by atoms with Crippen molar-refractivity contribution >= 4 is 6.09 Å². The van der Waals surface area contributed by atoms with Gasteiger partial charge in [-0.1, -0.05) is 0 Å². The Kier molecular flexibility index (Phi) is 6.69. The van der Waals surface area contributed by atoms with Crippen LogP contribution in [0.1, 0.15) is 6.42 Å². The van der Waals surface area contributed by atoms with Crippen LogP contribution in [0.15, 0.2) is 11.9 Å². The lowest BCUT2D eigenvalue weighted by atomic mass is 10.3. The van der Waals surface area contributed by atoms with Crippen molar-refractivity contribution in [1.82, 2.24) is 0 Å². The number of ether oxygens (including phenoxy) is 3. The molecule has 1 amide bonds. The van der Waals surface area contributed by atoms with E-state index >= 15 is 0 Å². The first-order valence-electron chi connectivity index (χ1n) is 3.92. The molecule has 82 valence electrons. The third kappa shape index (κ3) is 6.38. The van der Waals surface area contributed by atoms with Gasteiger partial charge in [0.1, 0.15) is 12.4 Å². The SMILES string of the molecule is COC(CC=C(F)COC(N)=O)OC. The second kappa shape index (κ2) is 7.28. The molecule has 0 radical (unpaired) electrons. The van der Waals surface area contributed by atoms with Gasteiger partial charge in [-0.3, -0.25) is 0 Å². The van der Waals surface area contributed by atoms with Gasteiger partial charge < -0.3 is 19.9 Å². The van der Waals surface area contributed by atoms with Crippen molar-refractivity contribution in [1.29, 1.82) is 0 Å². The summed E-state index contributed by atoms with van der Waals surface area (Å²) in [7, 11) is 2.89. The highest BCUT2D eigenvalue weighted by Crippen LogP contribution is 2.04. The van der Waals surface area contributed by atoms with Crippen LogP contribution in [0, 0.1) is 0 Å². The van der Waals surface area contributed by atoms with Crippen LogP contribution in [-0.2, 0) is 14.2 Å². The van der Waals surface area contributed by atoms with Gasteiger partial charge in [-0.2, -0.15) is 0 Å². The number of nitrogens with two attached hydrogens (primary N) is 1. The normalized spacial score (nSPS) is 11.9. The topological polar surface area (TPSA) is 70.8 Å². The highest BCUT2D eigenvalue weighted by atomic mass is 19.1. The number of primary amides is 1. The highest BCUT2D eigenvalue weighted by molar-refractivity contribution is 5.64. The summed E-state index contributed by atoms with van der Waals surface area (Å²) in [5.41, 5.74) is 4.64. The van der Waals surface area contributed by atoms with Crippen molar-refractivity contribution in [2.45, 2.75) is 12.7 Å². The van der Waals surface area contributed by atoms with Crippen molar-refractivity contribution in [2.75, 3.05) is 20.8 Å². The number of amides is 1. The molecule has 0 spiro atoms. The molecular weight excluding hydrogens is 193 g/mol. The smallest absolute Gasteiger partial charge is 0.404 e. The summed E-state index contributed by atoms with van der Waals surface area (Å²) in [4.78, 5) is 10.1. The lowest BCUT2D eigenvalue weighted by Crippen LogP contribution is -2.14. The van der Waals surface area contributed by atoms with E-state index in [1.807, 2.05) is 0 Å². The second-order valence-electron chi connectivity index (χ2n) is 2.40. The Morgan fingerprint density at radius 2 is 2.07 bits per heavy atom. The maximum absolute atomic E-state index is 12.8. The fourth-order valence-electron chi connectivity index (χ4n) is 0.712. The van der Waals surface area contributed by atoms with E-state index in [-0.39, 0.29) is 6.42 Å². The van der Waals surface area contributed by atoms with Gasteiger partial charge in [-0.05, 0) is 6.08 Å². The monoisotopic (exact) mass is 207 g/mol. The van der Waals surface area contributed by atoms with Crippen LogP contribution in [0.4, 0.5) is 9.18 Å². The number of rotatable bonds is 6. The van der Waals surface area contributed by atoms with Gasteiger partial charge in [0.2, 0.25) is 0 Å². The Bertz CT molecular complexity index is 204. The van der Waals surface area contributed by atoms with Crippen LogP contribution >= 0.6 is 0 Å². The van der Waals surface area contributed by atoms with Crippen LogP contribution < -0.4 is 5.73 Å². The first-order chi connectivity index (χ1) is 6.60. The average Bonchev–Trinajstić information content (AvgIpc) is 2.16. The van der Waals surface area contributed by atoms with Crippen LogP contribution in [0.3, 0.4) is 0 Å². The molecule has 0 fully saturated rings. The fourth-order valence-corrected chi connectivity index (χ4v) is 0.712. The zero-order valence-electron chi connectivity index (χ0n) is 8.16. The van der Waals surface area contributed by atoms with Crippen LogP contribution in [0.5, 0.6) is 0 Å². The Morgan fingerprint density at radius 1 is 1.50 bits per heavy atom. The molecule has 0 aromatic rings. The van der Waals surface area contributed by atoms with E-state index in [9.17, 15) is 9.18 Å². The summed E-state index contributed by atoms with van der Waals surface area (Å²) >= 11 is 0. The minimum absolute atomic E-state index is 0.237. The number of carbonyl (C=O) groups excluding carboxylic acids is 1. The molecule has 0 aliphatic carbocycles. The third-order valence-electron chi connectivity index (χ3n) is 1.41. The molecule has 0 aromatic carbocycles. The largest absolute Gasteiger partial charge is 0.442 e. The molecule has 0 aliphatic heterocycles. The molecule has 0 atom stereocenters. The Balaban J connectivity index is 3.80. The summed E-state index contributed by atoms with van der Waals surface area (Å²) < 4.78 is 26.6. The van der Waals surface area contributed by atoms with Gasteiger partial charge >= 0.3 is 6.09 Å². The molecule has 0 heterocycles. The quantitative estimate of drug-likeness (QED) is 0.658. The average molecular weight is 207 g/mol. The molecule has 14 heavy (non-hydrogen) atoms. The van der Waals surface area contributed by atoms with E-state index < -0.39 is 24.8 Å². The molecule has 0 saturated carbocycles. The molecule has 0 bridgehead atoms. The molecule has 6 heteroatoms. The maximum Gasteiger partial charge on any atom is 0.404 e. The van der Waals surface area contributed by atoms with E-state index in [2.05, 4.69) is 10.5 Å². The van der Waals surface area contributed by atoms with Crippen LogP contribution in [-0.4, -0.2) is 33.2 Å². The Labute approximate surface area is 81.6 Å². The minimum Gasteiger partial charge on any atom is -0.442 e. The van der Waals surface area contributed by atoms with Gasteiger partial charge in [0.15, 0.2) is 6.29 Å². The number of carbonyl (C=O) groups is 1. The fraction of sp³-hybridized carbons (Fsp3) is 0.625. The summed E-state index contributed by atoms with van der Waals surface area (Å²) in [5.74, 6) is -0.595. The molecule has 0 aromatic heterocycles. The molecular formula is C8H14FNO4. The van der Waals surface area contributed by atoms with Crippen molar-refractivity contribution in [3.63, 3.8) is 0 Å². The maximum atomic E-state index is 12.8. The summed E-state index contributed by atoms with van der Waals surface area (Å²) in [5, 5.41) is 0. The summed E-state index contributed by atoms with van der Waals surface area (Å²) in [6.07, 6.45) is -0.0698. The standard InChI is InChI=1S/C8H14FNO4/c1-12-7(13-2)4-3-6(9)5-14-8(10)11/h3,7H,4-5H2,1-2H3,(H2,10,11). The molecule has 0 rings (SSSR count). The number of hydrogen-bond acceptors (Lipinski definition) is 4. The number of methoxy groups -OCH3 is 2. The first-order valence-corrected chi connectivity index (χ1v) is 3.92. The summed E-state index contributed by atoms with van der Waals surface area (Å²) in [6, 6.07) is 0. The second-order valence-corrected chi connectivity index (χ2v) is 2.40. The summed E-state index contributed by atoms with van der Waals surface area (Å²) in [6.45, 7) is -0.463. The lowest BCUT2D eigenvalue weighted by molar-refractivity contribution is -0.0988. The van der Waals surface area contributed by atoms with Crippen molar-refractivity contribution in [3.8, 4) is 0 Å². The van der Waals surface area contributed by atoms with E-state index in [4.69, 9.17) is 9.47 Å². The predicted molar refractivity (Wildman–Crippen MR) is 47.1 cm³/mol. The molecule has 5 nitrogen and oxygen atoms in total. The minimum atomic E-state index is -1.01. The van der Waals surface area contributed by atoms with E-state index in [0.29, 0.717) is 0 Å². The van der Waals surface area contributed by atoms with E-state index in [1.165, 1.54) is 20.3 Å². The van der Waals surface area contributed by atoms with E-state index in [0.717, 1.165) is 0 Å². The van der Waals surface area contributed by atoms with Crippen LogP contribution in [0.25, 0.3) is 0 Å². The number of halogens is 1. The van der Waals surface area contributed by atoms with Crippen molar-refractivity contribution in [2.24, 2.45) is 5.73 Å². The van der Waals surface area contributed by atoms with Crippen molar-refractivity contribution < 1.29 is 23.4 Å². The zero-order valence-corrected chi connectivity index (χ0v) is 8.16. The van der Waals surface area contributed by atoms with Gasteiger partial charge in [0.25, 0.3) is 0 Å². The highest BCUT2D eigenvalue weighted by Gasteiger charge is 2.04. The molecule has 0 unspecified atom stereocenters. The van der Waals surface area contributed by atoms with Crippen molar-refractivity contribution in [3.05, 3.63) is 11.9 Å². The molecule has 0 aliphatic rings. The van der Waals surface area contributed by atoms with Crippen LogP contribution in [0.2, 0.25) is 0 Å². The third-order valence-corrected chi connectivity index (χ3v) is 1.41. The predicted octanol–water partition coefficient (Wildman–Crippen LogP) is 0.944. The van der Waals surface area contributed by atoms with Gasteiger partial charge in [-0.25, -0.2) is 9.18 Å². The zero-order chi connectivity index (χ0) is 11.0. The van der Waals surface area contributed by atoms with Gasteiger partial charge in [0.05, 0.1) is 0 Å². The lowest BCUT2D eigenvalue weighted by Gasteiger charge is -2.10. The molecule has 2 N–H and O–H groups in total. The van der Waals surface area contributed by atoms with Gasteiger partial charge in [-0.15, -0.1) is 0 Å².